The number of aliphatic hydroxyl groups is 1. The molecule has 0 heterocycles. The fraction of sp³-hybridized carbons (Fsp3) is 0.690. The summed E-state index contributed by atoms with van der Waals surface area (Å²) in [6.07, 6.45) is 11.4. The monoisotopic (exact) mass is 436 g/mol. The lowest BCUT2D eigenvalue weighted by molar-refractivity contribution is -0.0804. The third kappa shape index (κ3) is 3.47. The van der Waals surface area contributed by atoms with Crippen molar-refractivity contribution in [2.75, 3.05) is 0 Å². The molecule has 0 spiro atoms. The number of carbonyl (C=O) groups is 1. The topological polar surface area (TPSA) is 46.5 Å². The van der Waals surface area contributed by atoms with E-state index in [9.17, 15) is 9.90 Å². The van der Waals surface area contributed by atoms with Crippen molar-refractivity contribution in [2.45, 2.75) is 90.8 Å². The minimum Gasteiger partial charge on any atom is -0.459 e. The van der Waals surface area contributed by atoms with E-state index >= 15 is 0 Å². The highest BCUT2D eigenvalue weighted by Gasteiger charge is 2.60. The lowest BCUT2D eigenvalue weighted by Crippen LogP contribution is -2.52. The first kappa shape index (κ1) is 22.2. The van der Waals surface area contributed by atoms with E-state index in [0.29, 0.717) is 17.4 Å². The molecule has 0 amide bonds. The number of carbonyl (C=O) groups excluding carboxylic acids is 1. The molecule has 1 aromatic rings. The van der Waals surface area contributed by atoms with Crippen molar-refractivity contribution >= 4 is 5.97 Å². The standard InChI is InChI=1S/C29H40O3/c1-19(32-26(30)20-8-6-5-7-9-20)23-12-13-24-22-11-10-21-18-27(2,31)16-17-28(21,3)25(22)14-15-29(23,24)4/h5-10,19,22-25,31H,11-18H2,1-4H3/t19-,22?,23+,24?,25?,27-,28-,29+/m0/s1. The molecule has 0 bridgehead atoms. The first-order chi connectivity index (χ1) is 15.1. The summed E-state index contributed by atoms with van der Waals surface area (Å²) in [6, 6.07) is 9.40. The third-order valence-corrected chi connectivity index (χ3v) is 10.3. The van der Waals surface area contributed by atoms with Crippen molar-refractivity contribution < 1.29 is 14.6 Å². The molecule has 5 rings (SSSR count). The summed E-state index contributed by atoms with van der Waals surface area (Å²) < 4.78 is 6.02. The van der Waals surface area contributed by atoms with Gasteiger partial charge in [-0.3, -0.25) is 0 Å². The van der Waals surface area contributed by atoms with Crippen molar-refractivity contribution in [3.8, 4) is 0 Å². The fourth-order valence-electron chi connectivity index (χ4n) is 8.51. The predicted octanol–water partition coefficient (Wildman–Crippen LogP) is 6.56. The van der Waals surface area contributed by atoms with Crippen LogP contribution in [-0.2, 0) is 4.74 Å². The van der Waals surface area contributed by atoms with Gasteiger partial charge in [-0.1, -0.05) is 43.7 Å². The Morgan fingerprint density at radius 3 is 2.53 bits per heavy atom. The Morgan fingerprint density at radius 2 is 1.78 bits per heavy atom. The van der Waals surface area contributed by atoms with Gasteiger partial charge in [0.15, 0.2) is 0 Å². The number of rotatable bonds is 3. The number of ether oxygens (including phenoxy) is 1. The second-order valence-corrected chi connectivity index (χ2v) is 12.1. The lowest BCUT2D eigenvalue weighted by Gasteiger charge is -2.59. The molecule has 3 unspecified atom stereocenters. The molecule has 4 aliphatic rings. The maximum absolute atomic E-state index is 12.7. The van der Waals surface area contributed by atoms with E-state index < -0.39 is 5.60 Å². The van der Waals surface area contributed by atoms with Gasteiger partial charge in [0, 0.05) is 5.92 Å². The van der Waals surface area contributed by atoms with Gasteiger partial charge in [-0.25, -0.2) is 4.79 Å². The summed E-state index contributed by atoms with van der Waals surface area (Å²) in [6.45, 7) is 9.11. The molecule has 0 aromatic heterocycles. The van der Waals surface area contributed by atoms with Gasteiger partial charge in [-0.15, -0.1) is 0 Å². The van der Waals surface area contributed by atoms with Gasteiger partial charge in [-0.05, 0) is 106 Å². The van der Waals surface area contributed by atoms with Crippen molar-refractivity contribution in [1.82, 2.24) is 0 Å². The molecule has 3 heteroatoms. The van der Waals surface area contributed by atoms with Crippen molar-refractivity contribution in [3.05, 3.63) is 47.5 Å². The maximum Gasteiger partial charge on any atom is 0.338 e. The Labute approximate surface area is 193 Å². The molecule has 3 nitrogen and oxygen atoms in total. The van der Waals surface area contributed by atoms with Crippen molar-refractivity contribution in [2.24, 2.45) is 34.5 Å². The van der Waals surface area contributed by atoms with E-state index in [1.54, 1.807) is 0 Å². The normalized spacial score (nSPS) is 44.0. The SMILES string of the molecule is C[C@H](OC(=O)c1ccccc1)[C@H]1CCC2C3CC=C4C[C@@](C)(O)CC[C@]4(C)C3CC[C@@]21C. The number of benzene rings is 1. The molecule has 1 N–H and O–H groups in total. The van der Waals surface area contributed by atoms with Crippen LogP contribution in [-0.4, -0.2) is 22.8 Å². The van der Waals surface area contributed by atoms with Gasteiger partial charge in [-0.2, -0.15) is 0 Å². The maximum atomic E-state index is 12.7. The summed E-state index contributed by atoms with van der Waals surface area (Å²) in [4.78, 5) is 12.7. The van der Waals surface area contributed by atoms with Crippen molar-refractivity contribution in [3.63, 3.8) is 0 Å². The molecule has 0 aliphatic heterocycles. The van der Waals surface area contributed by atoms with E-state index in [1.807, 2.05) is 37.3 Å². The zero-order chi connectivity index (χ0) is 22.7. The van der Waals surface area contributed by atoms with Crippen LogP contribution in [0.5, 0.6) is 0 Å². The van der Waals surface area contributed by atoms with E-state index in [0.717, 1.165) is 43.9 Å². The third-order valence-electron chi connectivity index (χ3n) is 10.3. The highest BCUT2D eigenvalue weighted by atomic mass is 16.5. The summed E-state index contributed by atoms with van der Waals surface area (Å²) in [5.41, 5.74) is 2.15. The van der Waals surface area contributed by atoms with Gasteiger partial charge in [0.25, 0.3) is 0 Å². The molecule has 0 saturated heterocycles. The number of fused-ring (bicyclic) bond motifs is 5. The van der Waals surface area contributed by atoms with Crippen LogP contribution in [0, 0.1) is 34.5 Å². The number of hydrogen-bond donors (Lipinski definition) is 1. The van der Waals surface area contributed by atoms with Crippen LogP contribution in [0.1, 0.15) is 89.4 Å². The van der Waals surface area contributed by atoms with E-state index in [2.05, 4.69) is 26.8 Å². The Balaban J connectivity index is 1.34. The summed E-state index contributed by atoms with van der Waals surface area (Å²) in [5.74, 6) is 2.42. The Hall–Kier alpha value is -1.61. The van der Waals surface area contributed by atoms with Crippen LogP contribution in [0.15, 0.2) is 42.0 Å². The smallest absolute Gasteiger partial charge is 0.338 e. The number of allylic oxidation sites excluding steroid dienone is 1. The molecule has 3 fully saturated rings. The predicted molar refractivity (Wildman–Crippen MR) is 127 cm³/mol. The fourth-order valence-corrected chi connectivity index (χ4v) is 8.51. The van der Waals surface area contributed by atoms with E-state index in [4.69, 9.17) is 4.74 Å². The van der Waals surface area contributed by atoms with Crippen LogP contribution in [0.2, 0.25) is 0 Å². The molecule has 3 saturated carbocycles. The van der Waals surface area contributed by atoms with Crippen LogP contribution < -0.4 is 0 Å². The van der Waals surface area contributed by atoms with E-state index in [-0.39, 0.29) is 22.9 Å². The molecular formula is C29H40O3. The van der Waals surface area contributed by atoms with Crippen molar-refractivity contribution in [1.29, 1.82) is 0 Å². The molecule has 0 radical (unpaired) electrons. The van der Waals surface area contributed by atoms with Gasteiger partial charge in [0.1, 0.15) is 6.10 Å². The van der Waals surface area contributed by atoms with Crippen LogP contribution in [0.4, 0.5) is 0 Å². The average Bonchev–Trinajstić information content (AvgIpc) is 3.12. The minimum atomic E-state index is -0.530. The summed E-state index contributed by atoms with van der Waals surface area (Å²) in [7, 11) is 0. The average molecular weight is 437 g/mol. The largest absolute Gasteiger partial charge is 0.459 e. The second-order valence-electron chi connectivity index (χ2n) is 12.1. The molecule has 32 heavy (non-hydrogen) atoms. The van der Waals surface area contributed by atoms with Gasteiger partial charge >= 0.3 is 5.97 Å². The molecule has 8 atom stereocenters. The molecule has 174 valence electrons. The van der Waals surface area contributed by atoms with Crippen LogP contribution >= 0.6 is 0 Å². The summed E-state index contributed by atoms with van der Waals surface area (Å²) in [5, 5.41) is 10.7. The molecule has 4 aliphatic carbocycles. The van der Waals surface area contributed by atoms with Gasteiger partial charge in [0.05, 0.1) is 11.2 Å². The first-order valence-corrected chi connectivity index (χ1v) is 12.8. The van der Waals surface area contributed by atoms with Crippen LogP contribution in [0.3, 0.4) is 0 Å². The van der Waals surface area contributed by atoms with Gasteiger partial charge < -0.3 is 9.84 Å². The quantitative estimate of drug-likeness (QED) is 0.431. The molecule has 1 aromatic carbocycles. The minimum absolute atomic E-state index is 0.0516. The first-order valence-electron chi connectivity index (χ1n) is 12.8. The Bertz CT molecular complexity index is 902. The highest BCUT2D eigenvalue weighted by molar-refractivity contribution is 5.89. The second kappa shape index (κ2) is 7.72. The number of esters is 1. The summed E-state index contributed by atoms with van der Waals surface area (Å²) >= 11 is 0. The zero-order valence-corrected chi connectivity index (χ0v) is 20.3. The Kier molecular flexibility index (Phi) is 5.36. The molecular weight excluding hydrogens is 396 g/mol. The zero-order valence-electron chi connectivity index (χ0n) is 20.3. The number of hydrogen-bond acceptors (Lipinski definition) is 3. The Morgan fingerprint density at radius 1 is 1.03 bits per heavy atom. The highest BCUT2D eigenvalue weighted by Crippen LogP contribution is 2.67. The van der Waals surface area contributed by atoms with Crippen LogP contribution in [0.25, 0.3) is 0 Å². The van der Waals surface area contributed by atoms with Gasteiger partial charge in [0.2, 0.25) is 0 Å². The lowest BCUT2D eigenvalue weighted by atomic mass is 9.46. The van der Waals surface area contributed by atoms with E-state index in [1.165, 1.54) is 24.8 Å².